The van der Waals surface area contributed by atoms with Crippen LogP contribution in [0.15, 0.2) is 11.1 Å². The van der Waals surface area contributed by atoms with Crippen molar-refractivity contribution in [2.75, 3.05) is 36.5 Å². The smallest absolute Gasteiger partial charge is 0.128 e. The molecule has 0 aliphatic carbocycles. The fraction of sp³-hybridized carbons (Fsp3) is 0.800. The van der Waals surface area contributed by atoms with E-state index in [9.17, 15) is 0 Å². The standard InChI is InChI=1S/C10H22S2.2BrH/c1-9(7-11(3)4)10(2)8-12(5)6;;/h7-8H2,1-6H3;2*1H/q+2;;/p-2/b10-9+;;. The first-order valence-electron chi connectivity index (χ1n) is 4.17. The summed E-state index contributed by atoms with van der Waals surface area (Å²) >= 11 is 0. The zero-order valence-corrected chi connectivity index (χ0v) is 14.8. The highest BCUT2D eigenvalue weighted by molar-refractivity contribution is 7.96. The molecule has 0 aliphatic rings. The summed E-state index contributed by atoms with van der Waals surface area (Å²) in [5.74, 6) is 2.59. The molecule has 0 spiro atoms. The van der Waals surface area contributed by atoms with E-state index in [1.54, 1.807) is 11.1 Å². The van der Waals surface area contributed by atoms with Crippen molar-refractivity contribution in [1.82, 2.24) is 0 Å². The van der Waals surface area contributed by atoms with Gasteiger partial charge < -0.3 is 34.0 Å². The minimum atomic E-state index is 0. The van der Waals surface area contributed by atoms with E-state index in [1.807, 2.05) is 0 Å². The van der Waals surface area contributed by atoms with Gasteiger partial charge in [0, 0.05) is 0 Å². The molecule has 14 heavy (non-hydrogen) atoms. The number of hydrogen-bond donors (Lipinski definition) is 0. The molecule has 0 saturated heterocycles. The van der Waals surface area contributed by atoms with E-state index in [4.69, 9.17) is 0 Å². The second-order valence-electron chi connectivity index (χ2n) is 3.82. The Kier molecular flexibility index (Phi) is 16.2. The van der Waals surface area contributed by atoms with E-state index < -0.39 is 0 Å². The SMILES string of the molecule is C/C(C[S+](C)C)=C(/C)C[S+](C)C.[Br-].[Br-]. The molecule has 0 amide bonds. The highest BCUT2D eigenvalue weighted by Gasteiger charge is 2.10. The molecule has 88 valence electrons. The van der Waals surface area contributed by atoms with Crippen molar-refractivity contribution in [1.29, 1.82) is 0 Å². The lowest BCUT2D eigenvalue weighted by Gasteiger charge is -2.03. The zero-order chi connectivity index (χ0) is 9.72. The van der Waals surface area contributed by atoms with Crippen molar-refractivity contribution in [2.24, 2.45) is 0 Å². The summed E-state index contributed by atoms with van der Waals surface area (Å²) < 4.78 is 0. The van der Waals surface area contributed by atoms with E-state index in [0.717, 1.165) is 0 Å². The molecular weight excluding hydrogens is 344 g/mol. The molecule has 0 atom stereocenters. The predicted octanol–water partition coefficient (Wildman–Crippen LogP) is -3.91. The first-order chi connectivity index (χ1) is 5.43. The summed E-state index contributed by atoms with van der Waals surface area (Å²) in [4.78, 5) is 0. The van der Waals surface area contributed by atoms with Crippen LogP contribution in [0.3, 0.4) is 0 Å². The van der Waals surface area contributed by atoms with Crippen molar-refractivity contribution >= 4 is 21.8 Å². The molecule has 0 radical (unpaired) electrons. The van der Waals surface area contributed by atoms with Gasteiger partial charge in [-0.15, -0.1) is 0 Å². The molecule has 0 aliphatic heterocycles. The Morgan fingerprint density at radius 2 is 0.929 bits per heavy atom. The van der Waals surface area contributed by atoms with Crippen LogP contribution in [0.2, 0.25) is 0 Å². The molecule has 0 aromatic rings. The van der Waals surface area contributed by atoms with Gasteiger partial charge >= 0.3 is 0 Å². The monoisotopic (exact) mass is 364 g/mol. The van der Waals surface area contributed by atoms with Crippen LogP contribution in [0.1, 0.15) is 13.8 Å². The largest absolute Gasteiger partial charge is 1.00 e. The predicted molar refractivity (Wildman–Crippen MR) is 66.5 cm³/mol. The van der Waals surface area contributed by atoms with Gasteiger partial charge in [0.05, 0.1) is 25.0 Å². The minimum absolute atomic E-state index is 0. The molecule has 4 heteroatoms. The van der Waals surface area contributed by atoms with E-state index in [1.165, 1.54) is 11.5 Å². The Morgan fingerprint density at radius 3 is 1.07 bits per heavy atom. The molecule has 0 aromatic carbocycles. The van der Waals surface area contributed by atoms with E-state index in [0.29, 0.717) is 21.8 Å². The molecule has 0 aromatic heterocycles. The Balaban J connectivity index is -0.000000605. The Bertz CT molecular complexity index is 148. The number of rotatable bonds is 4. The van der Waals surface area contributed by atoms with Crippen LogP contribution in [0, 0.1) is 0 Å². The van der Waals surface area contributed by atoms with E-state index >= 15 is 0 Å². The Hall–Kier alpha value is 1.40. The van der Waals surface area contributed by atoms with Gasteiger partial charge in [0.2, 0.25) is 0 Å². The molecule has 0 nitrogen and oxygen atoms in total. The normalized spacial score (nSPS) is 12.0. The van der Waals surface area contributed by atoms with Crippen LogP contribution in [0.5, 0.6) is 0 Å². The summed E-state index contributed by atoms with van der Waals surface area (Å²) in [5, 5.41) is 0. The molecular formula is C10H22Br2S2. The first-order valence-corrected chi connectivity index (χ1v) is 8.59. The number of halogens is 2. The summed E-state index contributed by atoms with van der Waals surface area (Å²) in [6.45, 7) is 4.57. The lowest BCUT2D eigenvalue weighted by atomic mass is 10.2. The van der Waals surface area contributed by atoms with Crippen molar-refractivity contribution in [2.45, 2.75) is 13.8 Å². The van der Waals surface area contributed by atoms with Gasteiger partial charge in [-0.2, -0.15) is 0 Å². The molecule has 0 heterocycles. The maximum atomic E-state index is 2.31. The van der Waals surface area contributed by atoms with Gasteiger partial charge in [0.1, 0.15) is 11.5 Å². The first kappa shape index (κ1) is 20.8. The highest BCUT2D eigenvalue weighted by Crippen LogP contribution is 2.08. The maximum Gasteiger partial charge on any atom is 0.128 e. The summed E-state index contributed by atoms with van der Waals surface area (Å²) in [6.07, 6.45) is 9.26. The molecule has 0 saturated carbocycles. The number of hydrogen-bond acceptors (Lipinski definition) is 0. The van der Waals surface area contributed by atoms with E-state index in [-0.39, 0.29) is 34.0 Å². The summed E-state index contributed by atoms with van der Waals surface area (Å²) in [5.41, 5.74) is 3.23. The quantitative estimate of drug-likeness (QED) is 0.353. The third-order valence-electron chi connectivity index (χ3n) is 1.74. The van der Waals surface area contributed by atoms with Crippen molar-refractivity contribution < 1.29 is 34.0 Å². The highest BCUT2D eigenvalue weighted by atomic mass is 79.9. The van der Waals surface area contributed by atoms with Crippen molar-refractivity contribution in [3.8, 4) is 0 Å². The molecule has 0 bridgehead atoms. The van der Waals surface area contributed by atoms with Gasteiger partial charge in [0.15, 0.2) is 0 Å². The molecule has 0 rings (SSSR count). The third-order valence-corrected chi connectivity index (χ3v) is 3.76. The fourth-order valence-electron chi connectivity index (χ4n) is 1.11. The molecule has 0 fully saturated rings. The molecule has 0 unspecified atom stereocenters. The zero-order valence-electron chi connectivity index (χ0n) is 9.99. The van der Waals surface area contributed by atoms with Crippen molar-refractivity contribution in [3.05, 3.63) is 11.1 Å². The third kappa shape index (κ3) is 11.5. The topological polar surface area (TPSA) is 0 Å². The Labute approximate surface area is 117 Å². The summed E-state index contributed by atoms with van der Waals surface area (Å²) in [6, 6.07) is 0. The second kappa shape index (κ2) is 10.9. The van der Waals surface area contributed by atoms with Crippen LogP contribution >= 0.6 is 0 Å². The lowest BCUT2D eigenvalue weighted by molar-refractivity contribution is -0.001000. The van der Waals surface area contributed by atoms with Gasteiger partial charge in [-0.3, -0.25) is 0 Å². The lowest BCUT2D eigenvalue weighted by Crippen LogP contribution is -3.00. The maximum absolute atomic E-state index is 2.31. The minimum Gasteiger partial charge on any atom is -1.00 e. The average Bonchev–Trinajstić information content (AvgIpc) is 1.84. The van der Waals surface area contributed by atoms with Gasteiger partial charge in [0.25, 0.3) is 0 Å². The van der Waals surface area contributed by atoms with Crippen LogP contribution in [-0.4, -0.2) is 36.5 Å². The fourth-order valence-corrected chi connectivity index (χ4v) is 3.34. The Morgan fingerprint density at radius 1 is 0.714 bits per heavy atom. The second-order valence-corrected chi connectivity index (χ2v) is 8.34. The molecule has 0 N–H and O–H groups in total. The van der Waals surface area contributed by atoms with Crippen LogP contribution in [-0.2, 0) is 21.8 Å². The average molecular weight is 366 g/mol. The van der Waals surface area contributed by atoms with Crippen LogP contribution in [0.4, 0.5) is 0 Å². The summed E-state index contributed by atoms with van der Waals surface area (Å²) in [7, 11) is 1.13. The van der Waals surface area contributed by atoms with Gasteiger partial charge in [-0.25, -0.2) is 0 Å². The van der Waals surface area contributed by atoms with Crippen molar-refractivity contribution in [3.63, 3.8) is 0 Å². The van der Waals surface area contributed by atoms with Crippen LogP contribution in [0.25, 0.3) is 0 Å². The van der Waals surface area contributed by atoms with E-state index in [2.05, 4.69) is 38.9 Å². The van der Waals surface area contributed by atoms with Gasteiger partial charge in [-0.1, -0.05) is 0 Å². The van der Waals surface area contributed by atoms with Crippen LogP contribution < -0.4 is 34.0 Å². The van der Waals surface area contributed by atoms with Gasteiger partial charge in [-0.05, 0) is 46.8 Å².